The summed E-state index contributed by atoms with van der Waals surface area (Å²) in [7, 11) is 0. The Kier molecular flexibility index (Phi) is 6.07. The molecule has 0 aromatic rings. The van der Waals surface area contributed by atoms with E-state index in [1.807, 2.05) is 0 Å². The Morgan fingerprint density at radius 3 is 1.57 bits per heavy atom. The molecule has 0 aromatic carbocycles. The Hall–Kier alpha value is -1.06. The molecule has 0 saturated heterocycles. The zero-order valence-electron chi connectivity index (χ0n) is 13.3. The minimum Gasteiger partial charge on any atom is -0.462 e. The van der Waals surface area contributed by atoms with E-state index in [1.165, 1.54) is 0 Å². The third kappa shape index (κ3) is 5.01. The van der Waals surface area contributed by atoms with Gasteiger partial charge in [0.1, 0.15) is 12.2 Å². The Bertz CT molecular complexity index is 332. The van der Waals surface area contributed by atoms with Crippen LogP contribution < -0.4 is 0 Å². The maximum atomic E-state index is 11.7. The lowest BCUT2D eigenvalue weighted by Gasteiger charge is -2.17. The van der Waals surface area contributed by atoms with E-state index in [1.54, 1.807) is 0 Å². The van der Waals surface area contributed by atoms with Gasteiger partial charge in [0.05, 0.1) is 0 Å². The first-order valence-electron chi connectivity index (χ1n) is 8.45. The van der Waals surface area contributed by atoms with E-state index in [0.717, 1.165) is 38.5 Å². The van der Waals surface area contributed by atoms with Gasteiger partial charge in [0.15, 0.2) is 0 Å². The Morgan fingerprint density at radius 1 is 0.810 bits per heavy atom. The minimum absolute atomic E-state index is 0.0868. The summed E-state index contributed by atoms with van der Waals surface area (Å²) in [5.74, 6) is 0.608. The topological polar surface area (TPSA) is 52.6 Å². The van der Waals surface area contributed by atoms with Gasteiger partial charge in [0.2, 0.25) is 0 Å². The lowest BCUT2D eigenvalue weighted by atomic mass is 10.1. The summed E-state index contributed by atoms with van der Waals surface area (Å²) in [6.07, 6.45) is 7.87. The van der Waals surface area contributed by atoms with Crippen molar-refractivity contribution in [3.63, 3.8) is 0 Å². The standard InChI is InChI=1S/C17H28O4/c1-12-6-3-8-14(12)20-16(18)10-5-11-17(19)21-15-9-4-7-13(15)2/h12-15H,3-11H2,1-2H3. The van der Waals surface area contributed by atoms with Crippen LogP contribution in [0.4, 0.5) is 0 Å². The first kappa shape index (κ1) is 16.3. The predicted octanol–water partition coefficient (Wildman–Crippen LogP) is 3.62. The van der Waals surface area contributed by atoms with Crippen LogP contribution in [0.5, 0.6) is 0 Å². The highest BCUT2D eigenvalue weighted by atomic mass is 16.5. The van der Waals surface area contributed by atoms with Crippen LogP contribution in [0.3, 0.4) is 0 Å². The summed E-state index contributed by atoms with van der Waals surface area (Å²) >= 11 is 0. The van der Waals surface area contributed by atoms with Gasteiger partial charge in [0, 0.05) is 12.8 Å². The van der Waals surface area contributed by atoms with Crippen LogP contribution in [0.15, 0.2) is 0 Å². The third-order valence-corrected chi connectivity index (χ3v) is 4.89. The van der Waals surface area contributed by atoms with Gasteiger partial charge in [-0.25, -0.2) is 0 Å². The van der Waals surface area contributed by atoms with Gasteiger partial charge in [0.25, 0.3) is 0 Å². The molecule has 0 aromatic heterocycles. The molecule has 0 bridgehead atoms. The Morgan fingerprint density at radius 2 is 1.24 bits per heavy atom. The molecule has 0 heterocycles. The normalized spacial score (nSPS) is 32.1. The van der Waals surface area contributed by atoms with E-state index in [2.05, 4.69) is 13.8 Å². The number of hydrogen-bond acceptors (Lipinski definition) is 4. The maximum absolute atomic E-state index is 11.7. The van der Waals surface area contributed by atoms with Crippen molar-refractivity contribution < 1.29 is 19.1 Å². The quantitative estimate of drug-likeness (QED) is 0.702. The number of ether oxygens (including phenoxy) is 2. The number of carbonyl (C=O) groups is 2. The van der Waals surface area contributed by atoms with Crippen LogP contribution in [0.25, 0.3) is 0 Å². The van der Waals surface area contributed by atoms with Crippen LogP contribution >= 0.6 is 0 Å². The highest BCUT2D eigenvalue weighted by molar-refractivity contribution is 5.72. The van der Waals surface area contributed by atoms with E-state index >= 15 is 0 Å². The minimum atomic E-state index is -0.171. The molecule has 0 amide bonds. The summed E-state index contributed by atoms with van der Waals surface area (Å²) in [6, 6.07) is 0. The number of hydrogen-bond donors (Lipinski definition) is 0. The van der Waals surface area contributed by atoms with Crippen molar-refractivity contribution in [2.75, 3.05) is 0 Å². The molecular formula is C17H28O4. The van der Waals surface area contributed by atoms with E-state index in [4.69, 9.17) is 9.47 Å². The second kappa shape index (κ2) is 7.81. The zero-order valence-corrected chi connectivity index (χ0v) is 13.3. The first-order chi connectivity index (χ1) is 10.1. The van der Waals surface area contributed by atoms with Gasteiger partial charge >= 0.3 is 11.9 Å². The SMILES string of the molecule is CC1CCCC1OC(=O)CCCC(=O)OC1CCCC1C. The van der Waals surface area contributed by atoms with E-state index < -0.39 is 0 Å². The van der Waals surface area contributed by atoms with Gasteiger partial charge in [-0.3, -0.25) is 9.59 Å². The molecule has 2 fully saturated rings. The van der Waals surface area contributed by atoms with Crippen LogP contribution in [0.1, 0.15) is 71.6 Å². The van der Waals surface area contributed by atoms with Crippen molar-refractivity contribution in [2.24, 2.45) is 11.8 Å². The highest BCUT2D eigenvalue weighted by Gasteiger charge is 2.28. The van der Waals surface area contributed by atoms with Crippen LogP contribution in [-0.2, 0) is 19.1 Å². The molecular weight excluding hydrogens is 268 g/mol. The molecule has 0 spiro atoms. The Balaban J connectivity index is 1.58. The molecule has 2 aliphatic carbocycles. The molecule has 4 nitrogen and oxygen atoms in total. The lowest BCUT2D eigenvalue weighted by Crippen LogP contribution is -2.21. The molecule has 4 atom stereocenters. The number of rotatable bonds is 6. The molecule has 2 rings (SSSR count). The van der Waals surface area contributed by atoms with E-state index in [-0.39, 0.29) is 24.1 Å². The second-order valence-electron chi connectivity index (χ2n) is 6.73. The van der Waals surface area contributed by atoms with Gasteiger partial charge in [-0.2, -0.15) is 0 Å². The van der Waals surface area contributed by atoms with Crippen molar-refractivity contribution in [1.29, 1.82) is 0 Å². The third-order valence-electron chi connectivity index (χ3n) is 4.89. The fourth-order valence-corrected chi connectivity index (χ4v) is 3.41. The summed E-state index contributed by atoms with van der Waals surface area (Å²) in [5.41, 5.74) is 0. The molecule has 4 unspecified atom stereocenters. The van der Waals surface area contributed by atoms with E-state index in [0.29, 0.717) is 31.1 Å². The van der Waals surface area contributed by atoms with Gasteiger partial charge in [-0.1, -0.05) is 13.8 Å². The second-order valence-corrected chi connectivity index (χ2v) is 6.73. The summed E-state index contributed by atoms with van der Waals surface area (Å²) in [5, 5.41) is 0. The van der Waals surface area contributed by atoms with Crippen LogP contribution in [-0.4, -0.2) is 24.1 Å². The monoisotopic (exact) mass is 296 g/mol. The van der Waals surface area contributed by atoms with Crippen molar-refractivity contribution in [3.05, 3.63) is 0 Å². The molecule has 2 saturated carbocycles. The predicted molar refractivity (Wildman–Crippen MR) is 79.6 cm³/mol. The van der Waals surface area contributed by atoms with Gasteiger partial charge < -0.3 is 9.47 Å². The molecule has 0 radical (unpaired) electrons. The average molecular weight is 296 g/mol. The van der Waals surface area contributed by atoms with Crippen molar-refractivity contribution in [3.8, 4) is 0 Å². The molecule has 120 valence electrons. The average Bonchev–Trinajstić information content (AvgIpc) is 3.00. The largest absolute Gasteiger partial charge is 0.462 e. The molecule has 0 N–H and O–H groups in total. The first-order valence-corrected chi connectivity index (χ1v) is 8.45. The number of esters is 2. The van der Waals surface area contributed by atoms with Gasteiger partial charge in [-0.05, 0) is 56.8 Å². The molecule has 21 heavy (non-hydrogen) atoms. The van der Waals surface area contributed by atoms with Crippen molar-refractivity contribution in [1.82, 2.24) is 0 Å². The fourth-order valence-electron chi connectivity index (χ4n) is 3.41. The smallest absolute Gasteiger partial charge is 0.306 e. The molecule has 0 aliphatic heterocycles. The zero-order chi connectivity index (χ0) is 15.2. The molecule has 4 heteroatoms. The van der Waals surface area contributed by atoms with Crippen molar-refractivity contribution >= 4 is 11.9 Å². The summed E-state index contributed by atoms with van der Waals surface area (Å²) in [4.78, 5) is 23.5. The van der Waals surface area contributed by atoms with Crippen LogP contribution in [0, 0.1) is 11.8 Å². The lowest BCUT2D eigenvalue weighted by molar-refractivity contribution is -0.152. The summed E-state index contributed by atoms with van der Waals surface area (Å²) in [6.45, 7) is 4.26. The molecule has 2 aliphatic rings. The maximum Gasteiger partial charge on any atom is 0.306 e. The van der Waals surface area contributed by atoms with Gasteiger partial charge in [-0.15, -0.1) is 0 Å². The van der Waals surface area contributed by atoms with E-state index in [9.17, 15) is 9.59 Å². The van der Waals surface area contributed by atoms with Crippen molar-refractivity contribution in [2.45, 2.75) is 83.8 Å². The number of carbonyl (C=O) groups excluding carboxylic acids is 2. The fraction of sp³-hybridized carbons (Fsp3) is 0.882. The van der Waals surface area contributed by atoms with Crippen LogP contribution in [0.2, 0.25) is 0 Å². The highest BCUT2D eigenvalue weighted by Crippen LogP contribution is 2.29. The Labute approximate surface area is 127 Å². The summed E-state index contributed by atoms with van der Waals surface area (Å²) < 4.78 is 10.9.